The van der Waals surface area contributed by atoms with Crippen molar-refractivity contribution in [2.45, 2.75) is 19.6 Å². The molecule has 3 nitrogen and oxygen atoms in total. The van der Waals surface area contributed by atoms with Crippen molar-refractivity contribution in [3.05, 3.63) is 35.9 Å². The molecule has 1 heterocycles. The number of rotatable bonds is 2. The monoisotopic (exact) mass is 189 g/mol. The van der Waals surface area contributed by atoms with Gasteiger partial charge in [0.2, 0.25) is 0 Å². The van der Waals surface area contributed by atoms with Crippen molar-refractivity contribution in [1.29, 1.82) is 0 Å². The second-order valence-electron chi connectivity index (χ2n) is 3.24. The molecule has 0 N–H and O–H groups in total. The van der Waals surface area contributed by atoms with Crippen molar-refractivity contribution in [1.82, 2.24) is 0 Å². The van der Waals surface area contributed by atoms with Gasteiger partial charge in [0.1, 0.15) is 5.71 Å². The number of hydrogen-bond donors (Lipinski definition) is 0. The van der Waals surface area contributed by atoms with Crippen molar-refractivity contribution >= 4 is 11.7 Å². The van der Waals surface area contributed by atoms with E-state index in [4.69, 9.17) is 4.74 Å². The average Bonchev–Trinajstić information content (AvgIpc) is 2.47. The molecular formula is C11H11NO2. The number of nitrogens with zero attached hydrogens (tertiary/aromatic N) is 1. The van der Waals surface area contributed by atoms with Crippen molar-refractivity contribution in [3.8, 4) is 0 Å². The number of cyclic esters (lactones) is 1. The van der Waals surface area contributed by atoms with Crippen LogP contribution in [0.15, 0.2) is 35.3 Å². The van der Waals surface area contributed by atoms with E-state index in [0.29, 0.717) is 12.1 Å². The van der Waals surface area contributed by atoms with Gasteiger partial charge >= 0.3 is 5.97 Å². The highest BCUT2D eigenvalue weighted by Crippen LogP contribution is 2.10. The second-order valence-corrected chi connectivity index (χ2v) is 3.24. The van der Waals surface area contributed by atoms with E-state index >= 15 is 0 Å². The molecule has 1 atom stereocenters. The molecule has 0 aromatic heterocycles. The molecule has 1 unspecified atom stereocenters. The maximum atomic E-state index is 11.2. The van der Waals surface area contributed by atoms with E-state index < -0.39 is 0 Å². The molecule has 72 valence electrons. The van der Waals surface area contributed by atoms with Gasteiger partial charge in [-0.1, -0.05) is 30.3 Å². The minimum atomic E-state index is -0.318. The Bertz CT molecular complexity index is 370. The van der Waals surface area contributed by atoms with Crippen LogP contribution in [0, 0.1) is 0 Å². The smallest absolute Gasteiger partial charge is 0.354 e. The van der Waals surface area contributed by atoms with Crippen LogP contribution in [0.5, 0.6) is 0 Å². The summed E-state index contributed by atoms with van der Waals surface area (Å²) >= 11 is 0. The Hall–Kier alpha value is -1.64. The van der Waals surface area contributed by atoms with E-state index in [9.17, 15) is 4.79 Å². The van der Waals surface area contributed by atoms with Gasteiger partial charge in [-0.15, -0.1) is 0 Å². The number of aliphatic imine (C=N–C) groups is 1. The largest absolute Gasteiger partial charge is 0.436 e. The van der Waals surface area contributed by atoms with Crippen LogP contribution in [-0.2, 0) is 16.0 Å². The molecule has 14 heavy (non-hydrogen) atoms. The minimum absolute atomic E-state index is 0.290. The summed E-state index contributed by atoms with van der Waals surface area (Å²) in [5, 5.41) is 0. The molecule has 0 fully saturated rings. The normalized spacial score (nSPS) is 20.5. The van der Waals surface area contributed by atoms with Crippen molar-refractivity contribution < 1.29 is 9.53 Å². The lowest BCUT2D eigenvalue weighted by molar-refractivity contribution is -0.136. The van der Waals surface area contributed by atoms with Crippen LogP contribution in [0.3, 0.4) is 0 Å². The second kappa shape index (κ2) is 3.62. The lowest BCUT2D eigenvalue weighted by Gasteiger charge is -1.97. The highest BCUT2D eigenvalue weighted by atomic mass is 16.6. The van der Waals surface area contributed by atoms with Crippen LogP contribution >= 0.6 is 0 Å². The van der Waals surface area contributed by atoms with E-state index in [1.54, 1.807) is 6.92 Å². The summed E-state index contributed by atoms with van der Waals surface area (Å²) in [6.45, 7) is 1.76. The molecule has 1 aromatic rings. The summed E-state index contributed by atoms with van der Waals surface area (Å²) in [6, 6.07) is 9.78. The molecule has 0 radical (unpaired) electrons. The van der Waals surface area contributed by atoms with Crippen LogP contribution in [0.1, 0.15) is 12.5 Å². The number of ether oxygens (including phenoxy) is 1. The summed E-state index contributed by atoms with van der Waals surface area (Å²) in [6.07, 6.45) is 0.241. The van der Waals surface area contributed by atoms with Gasteiger partial charge in [0.25, 0.3) is 0 Å². The van der Waals surface area contributed by atoms with E-state index in [0.717, 1.165) is 5.56 Å². The third kappa shape index (κ3) is 1.82. The van der Waals surface area contributed by atoms with Gasteiger partial charge < -0.3 is 4.74 Å². The van der Waals surface area contributed by atoms with Gasteiger partial charge in [-0.05, 0) is 12.5 Å². The van der Waals surface area contributed by atoms with Gasteiger partial charge in [0, 0.05) is 6.42 Å². The summed E-state index contributed by atoms with van der Waals surface area (Å²) in [5.74, 6) is -0.290. The van der Waals surface area contributed by atoms with E-state index in [2.05, 4.69) is 4.99 Å². The number of benzene rings is 1. The first-order valence-corrected chi connectivity index (χ1v) is 4.57. The first-order valence-electron chi connectivity index (χ1n) is 4.57. The van der Waals surface area contributed by atoms with Crippen LogP contribution in [0.2, 0.25) is 0 Å². The molecule has 0 aliphatic carbocycles. The molecule has 0 saturated carbocycles. The Labute approximate surface area is 82.4 Å². The minimum Gasteiger partial charge on any atom is -0.436 e. The molecule has 0 saturated heterocycles. The standard InChI is InChI=1S/C11H11NO2/c1-8-12-10(11(13)14-8)7-9-5-3-2-4-6-9/h2-6,8H,7H2,1H3. The summed E-state index contributed by atoms with van der Waals surface area (Å²) in [4.78, 5) is 15.3. The zero-order chi connectivity index (χ0) is 9.97. The quantitative estimate of drug-likeness (QED) is 0.662. The first kappa shape index (κ1) is 8.94. The van der Waals surface area contributed by atoms with Crippen molar-refractivity contribution in [2.75, 3.05) is 0 Å². The number of esters is 1. The zero-order valence-electron chi connectivity index (χ0n) is 7.93. The topological polar surface area (TPSA) is 38.7 Å². The van der Waals surface area contributed by atoms with Crippen LogP contribution in [-0.4, -0.2) is 17.9 Å². The van der Waals surface area contributed by atoms with Gasteiger partial charge in [0.15, 0.2) is 6.23 Å². The third-order valence-corrected chi connectivity index (χ3v) is 2.07. The Kier molecular flexibility index (Phi) is 2.31. The molecule has 3 heteroatoms. The highest BCUT2D eigenvalue weighted by molar-refractivity contribution is 6.38. The Morgan fingerprint density at radius 3 is 2.64 bits per heavy atom. The maximum Gasteiger partial charge on any atom is 0.354 e. The fraction of sp³-hybridized carbons (Fsp3) is 0.273. The SMILES string of the molecule is CC1N=C(Cc2ccccc2)C(=O)O1. The van der Waals surface area contributed by atoms with E-state index in [1.807, 2.05) is 30.3 Å². The van der Waals surface area contributed by atoms with E-state index in [1.165, 1.54) is 0 Å². The van der Waals surface area contributed by atoms with Gasteiger partial charge in [0.05, 0.1) is 0 Å². The number of hydrogen-bond acceptors (Lipinski definition) is 3. The molecule has 0 amide bonds. The number of carbonyl (C=O) groups excluding carboxylic acids is 1. The Morgan fingerprint density at radius 2 is 2.07 bits per heavy atom. The maximum absolute atomic E-state index is 11.2. The lowest BCUT2D eigenvalue weighted by Crippen LogP contribution is -2.13. The van der Waals surface area contributed by atoms with Crippen LogP contribution in [0.4, 0.5) is 0 Å². The van der Waals surface area contributed by atoms with Crippen molar-refractivity contribution in [3.63, 3.8) is 0 Å². The van der Waals surface area contributed by atoms with Crippen LogP contribution in [0.25, 0.3) is 0 Å². The molecule has 1 aliphatic heterocycles. The van der Waals surface area contributed by atoms with E-state index in [-0.39, 0.29) is 12.2 Å². The summed E-state index contributed by atoms with van der Waals surface area (Å²) < 4.78 is 4.90. The fourth-order valence-electron chi connectivity index (χ4n) is 1.43. The molecule has 1 aromatic carbocycles. The predicted molar refractivity (Wildman–Crippen MR) is 53.1 cm³/mol. The molecular weight excluding hydrogens is 178 g/mol. The summed E-state index contributed by atoms with van der Waals surface area (Å²) in [5.41, 5.74) is 1.60. The Morgan fingerprint density at radius 1 is 1.36 bits per heavy atom. The first-order chi connectivity index (χ1) is 6.75. The molecule has 2 rings (SSSR count). The summed E-state index contributed by atoms with van der Waals surface area (Å²) in [7, 11) is 0. The van der Waals surface area contributed by atoms with Gasteiger partial charge in [-0.3, -0.25) is 0 Å². The average molecular weight is 189 g/mol. The third-order valence-electron chi connectivity index (χ3n) is 2.07. The zero-order valence-corrected chi connectivity index (χ0v) is 7.93. The molecule has 1 aliphatic rings. The van der Waals surface area contributed by atoms with Crippen LogP contribution < -0.4 is 0 Å². The predicted octanol–water partition coefficient (Wildman–Crippen LogP) is 1.57. The molecule has 0 spiro atoms. The number of carbonyl (C=O) groups is 1. The highest BCUT2D eigenvalue weighted by Gasteiger charge is 2.23. The van der Waals surface area contributed by atoms with Crippen molar-refractivity contribution in [2.24, 2.45) is 4.99 Å². The lowest BCUT2D eigenvalue weighted by atomic mass is 10.1. The van der Waals surface area contributed by atoms with Gasteiger partial charge in [-0.25, -0.2) is 9.79 Å². The van der Waals surface area contributed by atoms with Gasteiger partial charge in [-0.2, -0.15) is 0 Å². The molecule has 0 bridgehead atoms. The Balaban J connectivity index is 2.12. The fourth-order valence-corrected chi connectivity index (χ4v) is 1.43.